The first-order valence-electron chi connectivity index (χ1n) is 9.10. The molecule has 0 fully saturated rings. The van der Waals surface area contributed by atoms with Gasteiger partial charge in [-0.25, -0.2) is 9.37 Å². The average molecular weight is 388 g/mol. The third-order valence-corrected chi connectivity index (χ3v) is 4.54. The Morgan fingerprint density at radius 3 is 2.97 bits per heavy atom. The summed E-state index contributed by atoms with van der Waals surface area (Å²) in [6.07, 6.45) is 3.51. The number of H-pyrrole nitrogens is 1. The van der Waals surface area contributed by atoms with Crippen molar-refractivity contribution in [3.8, 4) is 6.07 Å². The minimum atomic E-state index is -0.378. The number of hydrogen-bond donors (Lipinski definition) is 1. The summed E-state index contributed by atoms with van der Waals surface area (Å²) >= 11 is 0. The molecule has 2 heterocycles. The summed E-state index contributed by atoms with van der Waals surface area (Å²) in [4.78, 5) is 19.3. The monoisotopic (exact) mass is 388 g/mol. The van der Waals surface area contributed by atoms with E-state index >= 15 is 0 Å². The van der Waals surface area contributed by atoms with Gasteiger partial charge in [0, 0.05) is 22.7 Å². The summed E-state index contributed by atoms with van der Waals surface area (Å²) in [7, 11) is 0. The highest BCUT2D eigenvalue weighted by atomic mass is 19.1. The van der Waals surface area contributed by atoms with Crippen LogP contribution in [-0.4, -0.2) is 27.1 Å². The number of para-hydroxylation sites is 1. The minimum Gasteiger partial charge on any atom is -0.465 e. The maximum atomic E-state index is 13.4. The van der Waals surface area contributed by atoms with E-state index in [0.717, 1.165) is 16.5 Å². The van der Waals surface area contributed by atoms with Gasteiger partial charge in [0.2, 0.25) is 0 Å². The van der Waals surface area contributed by atoms with E-state index in [2.05, 4.69) is 16.0 Å². The number of carbonyl (C=O) groups is 1. The molecule has 4 rings (SSSR count). The van der Waals surface area contributed by atoms with Crippen LogP contribution < -0.4 is 0 Å². The van der Waals surface area contributed by atoms with Crippen molar-refractivity contribution >= 4 is 39.6 Å². The van der Waals surface area contributed by atoms with Gasteiger partial charge in [-0.2, -0.15) is 5.26 Å². The molecule has 0 amide bonds. The fourth-order valence-electron chi connectivity index (χ4n) is 3.29. The Balaban J connectivity index is 1.79. The van der Waals surface area contributed by atoms with Crippen molar-refractivity contribution in [2.75, 3.05) is 6.61 Å². The maximum Gasteiger partial charge on any atom is 0.325 e. The summed E-state index contributed by atoms with van der Waals surface area (Å²) in [5.74, 6) is -0.351. The molecule has 0 aliphatic heterocycles. The molecule has 0 spiro atoms. The normalized spacial score (nSPS) is 11.7. The minimum absolute atomic E-state index is 0.0774. The number of allylic oxidation sites excluding steroid dienone is 1. The van der Waals surface area contributed by atoms with Crippen LogP contribution in [-0.2, 0) is 16.1 Å². The molecular formula is C22H17FN4O2. The Kier molecular flexibility index (Phi) is 4.83. The maximum absolute atomic E-state index is 13.4. The fourth-order valence-corrected chi connectivity index (χ4v) is 3.29. The van der Waals surface area contributed by atoms with Crippen LogP contribution in [0.5, 0.6) is 0 Å². The van der Waals surface area contributed by atoms with Crippen molar-refractivity contribution in [1.82, 2.24) is 14.5 Å². The van der Waals surface area contributed by atoms with Crippen LogP contribution in [0.2, 0.25) is 0 Å². The molecule has 0 bridgehead atoms. The number of nitrogens with one attached hydrogen (secondary N) is 1. The van der Waals surface area contributed by atoms with Gasteiger partial charge in [0.15, 0.2) is 0 Å². The van der Waals surface area contributed by atoms with Gasteiger partial charge in [-0.1, -0.05) is 18.2 Å². The van der Waals surface area contributed by atoms with Crippen LogP contribution in [0.4, 0.5) is 4.39 Å². The zero-order chi connectivity index (χ0) is 20.4. The molecule has 1 N–H and O–H groups in total. The molecule has 4 aromatic rings. The van der Waals surface area contributed by atoms with E-state index in [1.54, 1.807) is 29.8 Å². The van der Waals surface area contributed by atoms with Crippen molar-refractivity contribution in [3.63, 3.8) is 0 Å². The zero-order valence-electron chi connectivity index (χ0n) is 15.6. The Hall–Kier alpha value is -3.92. The van der Waals surface area contributed by atoms with Gasteiger partial charge in [0.05, 0.1) is 23.2 Å². The van der Waals surface area contributed by atoms with Crippen LogP contribution in [0.25, 0.3) is 33.6 Å². The number of benzene rings is 2. The summed E-state index contributed by atoms with van der Waals surface area (Å²) in [5.41, 5.74) is 3.03. The molecule has 0 saturated carbocycles. The van der Waals surface area contributed by atoms with Gasteiger partial charge in [-0.3, -0.25) is 4.79 Å². The number of imidazole rings is 1. The Morgan fingerprint density at radius 1 is 1.34 bits per heavy atom. The predicted molar refractivity (Wildman–Crippen MR) is 108 cm³/mol. The second-order valence-corrected chi connectivity index (χ2v) is 6.45. The van der Waals surface area contributed by atoms with Crippen LogP contribution in [0.1, 0.15) is 18.3 Å². The summed E-state index contributed by atoms with van der Waals surface area (Å²) in [6, 6.07) is 14.0. The van der Waals surface area contributed by atoms with Gasteiger partial charge in [-0.15, -0.1) is 0 Å². The van der Waals surface area contributed by atoms with E-state index in [0.29, 0.717) is 29.0 Å². The molecule has 0 saturated heterocycles. The lowest BCUT2D eigenvalue weighted by atomic mass is 10.1. The highest BCUT2D eigenvalue weighted by molar-refractivity contribution is 5.98. The Morgan fingerprint density at radius 2 is 2.17 bits per heavy atom. The van der Waals surface area contributed by atoms with Gasteiger partial charge < -0.3 is 14.3 Å². The van der Waals surface area contributed by atoms with E-state index in [1.807, 2.05) is 24.3 Å². The number of aromatic amines is 1. The third kappa shape index (κ3) is 3.60. The first-order chi connectivity index (χ1) is 14.1. The SMILES string of the molecule is CCOC(=O)Cn1cc(/C=C(/C#N)c2nc3ccc(F)cc3[nH]2)c2ccccc21. The molecule has 0 atom stereocenters. The smallest absolute Gasteiger partial charge is 0.325 e. The number of aromatic nitrogens is 3. The number of nitrogens with zero attached hydrogens (tertiary/aromatic N) is 3. The third-order valence-electron chi connectivity index (χ3n) is 4.54. The van der Waals surface area contributed by atoms with Gasteiger partial charge >= 0.3 is 5.97 Å². The molecule has 2 aromatic heterocycles. The fraction of sp³-hybridized carbons (Fsp3) is 0.136. The van der Waals surface area contributed by atoms with E-state index in [1.165, 1.54) is 12.1 Å². The molecule has 0 aliphatic rings. The first kappa shape index (κ1) is 18.4. The van der Waals surface area contributed by atoms with Gasteiger partial charge in [0.25, 0.3) is 0 Å². The molecule has 7 heteroatoms. The Labute approximate surface area is 165 Å². The quantitative estimate of drug-likeness (QED) is 0.408. The number of nitriles is 1. The number of rotatable bonds is 5. The molecule has 144 valence electrons. The van der Waals surface area contributed by atoms with Crippen LogP contribution in [0.3, 0.4) is 0 Å². The van der Waals surface area contributed by atoms with E-state index in [-0.39, 0.29) is 18.3 Å². The lowest BCUT2D eigenvalue weighted by Crippen LogP contribution is -2.12. The number of fused-ring (bicyclic) bond motifs is 2. The highest BCUT2D eigenvalue weighted by Gasteiger charge is 2.13. The lowest BCUT2D eigenvalue weighted by Gasteiger charge is -2.04. The molecule has 6 nitrogen and oxygen atoms in total. The summed E-state index contributed by atoms with van der Waals surface area (Å²) < 4.78 is 20.3. The predicted octanol–water partition coefficient (Wildman–Crippen LogP) is 4.28. The van der Waals surface area contributed by atoms with Crippen LogP contribution >= 0.6 is 0 Å². The molecule has 0 radical (unpaired) electrons. The lowest BCUT2D eigenvalue weighted by molar-refractivity contribution is -0.143. The number of carbonyl (C=O) groups excluding carboxylic acids is 1. The topological polar surface area (TPSA) is 83.7 Å². The van der Waals surface area contributed by atoms with Crippen molar-refractivity contribution in [2.45, 2.75) is 13.5 Å². The number of esters is 1. The van der Waals surface area contributed by atoms with Crippen LogP contribution in [0, 0.1) is 17.1 Å². The molecular weight excluding hydrogens is 371 g/mol. The molecule has 29 heavy (non-hydrogen) atoms. The van der Waals surface area contributed by atoms with Crippen molar-refractivity contribution in [1.29, 1.82) is 5.26 Å². The molecule has 0 aliphatic carbocycles. The van der Waals surface area contributed by atoms with Crippen molar-refractivity contribution in [3.05, 3.63) is 65.9 Å². The Bertz CT molecular complexity index is 1290. The van der Waals surface area contributed by atoms with Crippen molar-refractivity contribution in [2.24, 2.45) is 0 Å². The number of halogens is 1. The van der Waals surface area contributed by atoms with Crippen molar-refractivity contribution < 1.29 is 13.9 Å². The second kappa shape index (κ2) is 7.60. The van der Waals surface area contributed by atoms with E-state index in [4.69, 9.17) is 4.74 Å². The summed E-state index contributed by atoms with van der Waals surface area (Å²) in [5, 5.41) is 10.6. The summed E-state index contributed by atoms with van der Waals surface area (Å²) in [6.45, 7) is 2.16. The number of ether oxygens (including phenoxy) is 1. The number of hydrogen-bond acceptors (Lipinski definition) is 4. The van der Waals surface area contributed by atoms with E-state index in [9.17, 15) is 14.4 Å². The van der Waals surface area contributed by atoms with E-state index < -0.39 is 0 Å². The first-order valence-corrected chi connectivity index (χ1v) is 9.10. The highest BCUT2D eigenvalue weighted by Crippen LogP contribution is 2.26. The molecule has 0 unspecified atom stereocenters. The average Bonchev–Trinajstić information content (AvgIpc) is 3.27. The standard InChI is InChI=1S/C22H17FN4O2/c1-2-29-21(28)13-27-12-15(17-5-3-4-6-20(17)27)9-14(11-24)22-25-18-8-7-16(23)10-19(18)26-22/h3-10,12H,2,13H2,1H3,(H,25,26)/b14-9-. The van der Waals surface area contributed by atoms with Crippen LogP contribution in [0.15, 0.2) is 48.7 Å². The largest absolute Gasteiger partial charge is 0.465 e. The van der Waals surface area contributed by atoms with Gasteiger partial charge in [-0.05, 0) is 37.3 Å². The zero-order valence-corrected chi connectivity index (χ0v) is 15.6. The molecule has 2 aromatic carbocycles. The van der Waals surface area contributed by atoms with Gasteiger partial charge in [0.1, 0.15) is 24.3 Å². The second-order valence-electron chi connectivity index (χ2n) is 6.45.